The second-order valence-corrected chi connectivity index (χ2v) is 5.47. The van der Waals surface area contributed by atoms with Crippen molar-refractivity contribution >= 4 is 22.5 Å². The van der Waals surface area contributed by atoms with Crippen LogP contribution in [-0.4, -0.2) is 22.6 Å². The maximum atomic E-state index is 11.9. The van der Waals surface area contributed by atoms with Gasteiger partial charge in [0.15, 0.2) is 12.3 Å². The van der Waals surface area contributed by atoms with Crippen molar-refractivity contribution in [3.8, 4) is 11.6 Å². The van der Waals surface area contributed by atoms with E-state index in [-0.39, 0.29) is 18.2 Å². The molecule has 1 aromatic heterocycles. The first kappa shape index (κ1) is 15.7. The van der Waals surface area contributed by atoms with E-state index in [1.165, 1.54) is 0 Å². The van der Waals surface area contributed by atoms with Gasteiger partial charge in [0.05, 0.1) is 5.52 Å². The summed E-state index contributed by atoms with van der Waals surface area (Å²) in [6.07, 6.45) is 0. The van der Waals surface area contributed by atoms with Gasteiger partial charge in [-0.25, -0.2) is 0 Å². The van der Waals surface area contributed by atoms with Gasteiger partial charge in [-0.1, -0.05) is 36.4 Å². The number of aryl methyl sites for hydroxylation is 2. The van der Waals surface area contributed by atoms with Crippen molar-refractivity contribution in [2.45, 2.75) is 13.8 Å². The van der Waals surface area contributed by atoms with Gasteiger partial charge in [0.25, 0.3) is 0 Å². The fourth-order valence-electron chi connectivity index (χ4n) is 2.43. The predicted molar refractivity (Wildman–Crippen MR) is 90.9 cm³/mol. The number of hydrogen-bond donors (Lipinski definition) is 2. The van der Waals surface area contributed by atoms with Crippen LogP contribution in [-0.2, 0) is 4.79 Å². The Morgan fingerprint density at radius 1 is 1.12 bits per heavy atom. The van der Waals surface area contributed by atoms with E-state index in [0.29, 0.717) is 11.1 Å². The first-order valence-electron chi connectivity index (χ1n) is 7.49. The average Bonchev–Trinajstić information content (AvgIpc) is 2.89. The fourth-order valence-corrected chi connectivity index (χ4v) is 2.43. The van der Waals surface area contributed by atoms with Gasteiger partial charge in [0.1, 0.15) is 5.75 Å². The summed E-state index contributed by atoms with van der Waals surface area (Å²) in [4.78, 5) is 14.7. The smallest absolute Gasteiger partial charge is 0.302 e. The van der Waals surface area contributed by atoms with Crippen LogP contribution in [0.15, 0.2) is 52.7 Å². The fraction of sp³-hybridized carbons (Fsp3) is 0.167. The lowest BCUT2D eigenvalue weighted by Gasteiger charge is -2.05. The topological polar surface area (TPSA) is 87.0 Å². The van der Waals surface area contributed by atoms with Crippen LogP contribution in [0.1, 0.15) is 11.1 Å². The van der Waals surface area contributed by atoms with Gasteiger partial charge in [0.2, 0.25) is 5.88 Å². The molecule has 0 bridgehead atoms. The number of hydrogen-bond acceptors (Lipinski definition) is 4. The van der Waals surface area contributed by atoms with E-state index in [1.54, 1.807) is 12.1 Å². The highest BCUT2D eigenvalue weighted by molar-refractivity contribution is 5.96. The molecule has 2 aromatic carbocycles. The number of nitrogens with zero attached hydrogens (tertiary/aromatic N) is 2. The normalized spacial score (nSPS) is 11.2. The van der Waals surface area contributed by atoms with E-state index in [4.69, 9.17) is 4.74 Å². The predicted octanol–water partition coefficient (Wildman–Crippen LogP) is 4.18. The average molecular weight is 323 g/mol. The number of aromatic amines is 1. The summed E-state index contributed by atoms with van der Waals surface area (Å²) in [6.45, 7) is 3.60. The second-order valence-electron chi connectivity index (χ2n) is 5.47. The molecule has 0 aliphatic rings. The number of para-hydroxylation sites is 2. The minimum absolute atomic E-state index is 0.115. The molecule has 1 amide bonds. The van der Waals surface area contributed by atoms with E-state index in [1.807, 2.05) is 44.2 Å². The van der Waals surface area contributed by atoms with Crippen molar-refractivity contribution < 1.29 is 14.6 Å². The number of azo groups is 1. The molecule has 3 rings (SSSR count). The molecular formula is C18H17N3O3. The van der Waals surface area contributed by atoms with Crippen molar-refractivity contribution in [1.29, 1.82) is 0 Å². The molecule has 24 heavy (non-hydrogen) atoms. The van der Waals surface area contributed by atoms with Crippen molar-refractivity contribution in [2.24, 2.45) is 10.2 Å². The first-order valence-corrected chi connectivity index (χ1v) is 7.49. The maximum absolute atomic E-state index is 11.9. The van der Waals surface area contributed by atoms with Gasteiger partial charge >= 0.3 is 5.91 Å². The van der Waals surface area contributed by atoms with E-state index in [9.17, 15) is 9.90 Å². The molecule has 0 aliphatic heterocycles. The zero-order chi connectivity index (χ0) is 17.1. The van der Waals surface area contributed by atoms with Crippen LogP contribution in [0.5, 0.6) is 11.6 Å². The third kappa shape index (κ3) is 3.12. The Balaban J connectivity index is 1.74. The van der Waals surface area contributed by atoms with E-state index < -0.39 is 5.91 Å². The van der Waals surface area contributed by atoms with Crippen LogP contribution in [0, 0.1) is 13.8 Å². The number of nitrogens with one attached hydrogen (secondary N) is 1. The van der Waals surface area contributed by atoms with Gasteiger partial charge < -0.3 is 14.8 Å². The van der Waals surface area contributed by atoms with Crippen molar-refractivity contribution in [2.75, 3.05) is 6.61 Å². The number of ether oxygens (including phenoxy) is 1. The summed E-state index contributed by atoms with van der Waals surface area (Å²) in [7, 11) is 0. The summed E-state index contributed by atoms with van der Waals surface area (Å²) in [6, 6.07) is 13.0. The number of benzene rings is 2. The number of amides is 1. The Hall–Kier alpha value is -3.15. The van der Waals surface area contributed by atoms with Crippen LogP contribution in [0.3, 0.4) is 0 Å². The quantitative estimate of drug-likeness (QED) is 0.706. The number of carbonyl (C=O) groups is 1. The number of aromatic hydroxyl groups is 1. The molecule has 0 aliphatic carbocycles. The highest BCUT2D eigenvalue weighted by Crippen LogP contribution is 2.36. The van der Waals surface area contributed by atoms with Crippen LogP contribution in [0.25, 0.3) is 10.9 Å². The van der Waals surface area contributed by atoms with E-state index in [2.05, 4.69) is 15.2 Å². The SMILES string of the molecule is Cc1ccccc1OCC(=O)N=Nc1c(O)[nH]c2c(C)cccc12. The van der Waals surface area contributed by atoms with Crippen LogP contribution >= 0.6 is 0 Å². The molecule has 0 fully saturated rings. The summed E-state index contributed by atoms with van der Waals surface area (Å²) in [5.74, 6) is -0.0121. The Kier molecular flexibility index (Phi) is 4.29. The largest absolute Gasteiger partial charge is 0.493 e. The van der Waals surface area contributed by atoms with Gasteiger partial charge in [-0.3, -0.25) is 4.79 Å². The summed E-state index contributed by atoms with van der Waals surface area (Å²) in [5.41, 5.74) is 2.93. The standard InChI is InChI=1S/C18H17N3O3/c1-11-6-3-4-9-14(11)24-10-15(22)20-21-17-13-8-5-7-12(2)16(13)19-18(17)23/h3-9,19,23H,10H2,1-2H3. The zero-order valence-corrected chi connectivity index (χ0v) is 13.4. The molecule has 0 saturated heterocycles. The molecule has 0 saturated carbocycles. The third-order valence-electron chi connectivity index (χ3n) is 3.70. The van der Waals surface area contributed by atoms with E-state index in [0.717, 1.165) is 16.6 Å². The number of aromatic nitrogens is 1. The molecule has 0 unspecified atom stereocenters. The zero-order valence-electron chi connectivity index (χ0n) is 13.4. The number of fused-ring (bicyclic) bond motifs is 1. The van der Waals surface area contributed by atoms with Gasteiger partial charge in [0, 0.05) is 5.39 Å². The number of H-pyrrole nitrogens is 1. The lowest BCUT2D eigenvalue weighted by atomic mass is 10.1. The number of rotatable bonds is 4. The Bertz CT molecular complexity index is 928. The third-order valence-corrected chi connectivity index (χ3v) is 3.70. The molecular weight excluding hydrogens is 306 g/mol. The number of carbonyl (C=O) groups excluding carboxylic acids is 1. The minimum atomic E-state index is -0.528. The lowest BCUT2D eigenvalue weighted by molar-refractivity contribution is -0.120. The van der Waals surface area contributed by atoms with Gasteiger partial charge in [-0.15, -0.1) is 10.2 Å². The van der Waals surface area contributed by atoms with Crippen LogP contribution < -0.4 is 4.74 Å². The van der Waals surface area contributed by atoms with Crippen LogP contribution in [0.4, 0.5) is 5.69 Å². The Morgan fingerprint density at radius 2 is 1.88 bits per heavy atom. The molecule has 0 spiro atoms. The highest BCUT2D eigenvalue weighted by atomic mass is 16.5. The van der Waals surface area contributed by atoms with Crippen molar-refractivity contribution in [3.63, 3.8) is 0 Å². The molecule has 122 valence electrons. The summed E-state index contributed by atoms with van der Waals surface area (Å²) < 4.78 is 5.43. The molecule has 1 heterocycles. The Labute approximate surface area is 138 Å². The van der Waals surface area contributed by atoms with Crippen molar-refractivity contribution in [3.05, 3.63) is 53.6 Å². The summed E-state index contributed by atoms with van der Waals surface area (Å²) >= 11 is 0. The molecule has 3 aromatic rings. The van der Waals surface area contributed by atoms with Crippen LogP contribution in [0.2, 0.25) is 0 Å². The molecule has 6 nitrogen and oxygen atoms in total. The van der Waals surface area contributed by atoms with Gasteiger partial charge in [-0.2, -0.15) is 0 Å². The van der Waals surface area contributed by atoms with E-state index >= 15 is 0 Å². The van der Waals surface area contributed by atoms with Gasteiger partial charge in [-0.05, 0) is 31.0 Å². The Morgan fingerprint density at radius 3 is 2.67 bits per heavy atom. The second kappa shape index (κ2) is 6.54. The molecule has 2 N–H and O–H groups in total. The lowest BCUT2D eigenvalue weighted by Crippen LogP contribution is -2.08. The minimum Gasteiger partial charge on any atom is -0.493 e. The summed E-state index contributed by atoms with van der Waals surface area (Å²) in [5, 5.41) is 18.2. The molecule has 0 atom stereocenters. The maximum Gasteiger partial charge on any atom is 0.302 e. The first-order chi connectivity index (χ1) is 11.6. The monoisotopic (exact) mass is 323 g/mol. The highest BCUT2D eigenvalue weighted by Gasteiger charge is 2.12. The molecule has 6 heteroatoms. The molecule has 0 radical (unpaired) electrons. The van der Waals surface area contributed by atoms with Crippen molar-refractivity contribution in [1.82, 2.24) is 4.98 Å².